The van der Waals surface area contributed by atoms with Crippen LogP contribution in [-0.2, 0) is 0 Å². The van der Waals surface area contributed by atoms with Gasteiger partial charge in [0.1, 0.15) is 0 Å². The van der Waals surface area contributed by atoms with Gasteiger partial charge in [-0.2, -0.15) is 0 Å². The van der Waals surface area contributed by atoms with E-state index in [4.69, 9.17) is 5.73 Å². The number of guanidine groups is 1. The van der Waals surface area contributed by atoms with E-state index >= 15 is 0 Å². The van der Waals surface area contributed by atoms with Gasteiger partial charge in [0, 0.05) is 19.6 Å². The lowest BCUT2D eigenvalue weighted by Crippen LogP contribution is -2.37. The average Bonchev–Trinajstić information content (AvgIpc) is 2.96. The van der Waals surface area contributed by atoms with Crippen molar-refractivity contribution in [2.24, 2.45) is 22.1 Å². The van der Waals surface area contributed by atoms with Crippen LogP contribution in [0, 0.1) is 11.3 Å². The first kappa shape index (κ1) is 17.0. The normalized spacial score (nSPS) is 17.8. The molecular weight excluding hydrogens is 325 g/mol. The van der Waals surface area contributed by atoms with E-state index in [1.54, 1.807) is 0 Å². The van der Waals surface area contributed by atoms with E-state index in [9.17, 15) is 0 Å². The van der Waals surface area contributed by atoms with Crippen molar-refractivity contribution in [3.8, 4) is 0 Å². The fourth-order valence-corrected chi connectivity index (χ4v) is 2.37. The summed E-state index contributed by atoms with van der Waals surface area (Å²) in [7, 11) is 0. The fraction of sp³-hybridized carbons (Fsp3) is 0.923. The zero-order chi connectivity index (χ0) is 12.2. The second-order valence-electron chi connectivity index (χ2n) is 5.44. The van der Waals surface area contributed by atoms with Crippen molar-refractivity contribution in [1.82, 2.24) is 4.90 Å². The van der Waals surface area contributed by atoms with E-state index in [0.717, 1.165) is 31.5 Å². The number of nitrogens with zero attached hydrogens (tertiary/aromatic N) is 2. The maximum atomic E-state index is 5.98. The SMILES string of the molecule is CCN(CC)C(N)=NCC1(CC(C)C)CC1.I. The molecule has 0 atom stereocenters. The van der Waals surface area contributed by atoms with Gasteiger partial charge in [-0.15, -0.1) is 24.0 Å². The summed E-state index contributed by atoms with van der Waals surface area (Å²) in [5.41, 5.74) is 6.47. The van der Waals surface area contributed by atoms with Gasteiger partial charge in [0.2, 0.25) is 0 Å². The zero-order valence-corrected chi connectivity index (χ0v) is 14.0. The topological polar surface area (TPSA) is 41.6 Å². The first-order chi connectivity index (χ1) is 7.53. The first-order valence-corrected chi connectivity index (χ1v) is 6.58. The maximum Gasteiger partial charge on any atom is 0.191 e. The molecule has 0 heterocycles. The number of aliphatic imine (C=N–C) groups is 1. The van der Waals surface area contributed by atoms with Gasteiger partial charge in [0.25, 0.3) is 0 Å². The molecule has 0 aromatic rings. The Morgan fingerprint density at radius 2 is 1.82 bits per heavy atom. The van der Waals surface area contributed by atoms with Crippen LogP contribution in [0.2, 0.25) is 0 Å². The van der Waals surface area contributed by atoms with Crippen LogP contribution in [0.5, 0.6) is 0 Å². The van der Waals surface area contributed by atoms with Crippen molar-refractivity contribution >= 4 is 29.9 Å². The van der Waals surface area contributed by atoms with E-state index < -0.39 is 0 Å². The third-order valence-electron chi connectivity index (χ3n) is 3.46. The molecule has 0 bridgehead atoms. The average molecular weight is 353 g/mol. The third kappa shape index (κ3) is 5.44. The van der Waals surface area contributed by atoms with Crippen molar-refractivity contribution in [3.05, 3.63) is 0 Å². The van der Waals surface area contributed by atoms with E-state index in [1.807, 2.05) is 0 Å². The third-order valence-corrected chi connectivity index (χ3v) is 3.46. The Kier molecular flexibility index (Phi) is 7.44. The molecule has 1 rings (SSSR count). The number of hydrogen-bond acceptors (Lipinski definition) is 1. The zero-order valence-electron chi connectivity index (χ0n) is 11.7. The molecule has 2 N–H and O–H groups in total. The summed E-state index contributed by atoms with van der Waals surface area (Å²) in [6, 6.07) is 0. The van der Waals surface area contributed by atoms with Crippen LogP contribution in [0.25, 0.3) is 0 Å². The lowest BCUT2D eigenvalue weighted by molar-refractivity contribution is 0.393. The first-order valence-electron chi connectivity index (χ1n) is 6.58. The van der Waals surface area contributed by atoms with Crippen molar-refractivity contribution in [3.63, 3.8) is 0 Å². The van der Waals surface area contributed by atoms with Gasteiger partial charge in [-0.05, 0) is 44.4 Å². The Morgan fingerprint density at radius 1 is 1.29 bits per heavy atom. The van der Waals surface area contributed by atoms with Gasteiger partial charge in [-0.1, -0.05) is 13.8 Å². The summed E-state index contributed by atoms with van der Waals surface area (Å²) >= 11 is 0. The minimum atomic E-state index is 0. The number of nitrogens with two attached hydrogens (primary N) is 1. The predicted octanol–water partition coefficient (Wildman–Crippen LogP) is 3.09. The van der Waals surface area contributed by atoms with Crippen LogP contribution < -0.4 is 5.73 Å². The van der Waals surface area contributed by atoms with Gasteiger partial charge in [0.15, 0.2) is 5.96 Å². The molecule has 0 spiro atoms. The Labute approximate surface area is 123 Å². The smallest absolute Gasteiger partial charge is 0.191 e. The van der Waals surface area contributed by atoms with E-state index in [1.165, 1.54) is 19.3 Å². The molecule has 4 heteroatoms. The molecule has 0 saturated heterocycles. The minimum absolute atomic E-state index is 0. The van der Waals surface area contributed by atoms with Crippen LogP contribution >= 0.6 is 24.0 Å². The summed E-state index contributed by atoms with van der Waals surface area (Å²) in [6.45, 7) is 11.6. The van der Waals surface area contributed by atoms with Gasteiger partial charge in [0.05, 0.1) is 0 Å². The monoisotopic (exact) mass is 353 g/mol. The summed E-state index contributed by atoms with van der Waals surface area (Å²) in [6.07, 6.45) is 3.96. The van der Waals surface area contributed by atoms with Gasteiger partial charge < -0.3 is 10.6 Å². The second-order valence-corrected chi connectivity index (χ2v) is 5.44. The van der Waals surface area contributed by atoms with Gasteiger partial charge in [-0.25, -0.2) is 0 Å². The van der Waals surface area contributed by atoms with Crippen molar-refractivity contribution in [1.29, 1.82) is 0 Å². The molecule has 0 unspecified atom stereocenters. The standard InChI is InChI=1S/C13H27N3.HI/c1-5-16(6-2)12(14)15-10-13(7-8-13)9-11(3)4;/h11H,5-10H2,1-4H3,(H2,14,15);1H. The Morgan fingerprint density at radius 3 is 2.18 bits per heavy atom. The van der Waals surface area contributed by atoms with Crippen LogP contribution in [-0.4, -0.2) is 30.5 Å². The van der Waals surface area contributed by atoms with Gasteiger partial charge in [-0.3, -0.25) is 4.99 Å². The van der Waals surface area contributed by atoms with Crippen molar-refractivity contribution in [2.45, 2.75) is 47.0 Å². The molecule has 1 aliphatic carbocycles. The molecule has 1 aliphatic rings. The quantitative estimate of drug-likeness (QED) is 0.453. The predicted molar refractivity (Wildman–Crippen MR) is 85.9 cm³/mol. The largest absolute Gasteiger partial charge is 0.370 e. The molecule has 102 valence electrons. The minimum Gasteiger partial charge on any atom is -0.370 e. The van der Waals surface area contributed by atoms with Crippen LogP contribution in [0.1, 0.15) is 47.0 Å². The molecule has 1 saturated carbocycles. The Hall–Kier alpha value is 0. The lowest BCUT2D eigenvalue weighted by Gasteiger charge is -2.21. The van der Waals surface area contributed by atoms with E-state index in [0.29, 0.717) is 5.41 Å². The van der Waals surface area contributed by atoms with Crippen LogP contribution in [0.4, 0.5) is 0 Å². The highest BCUT2D eigenvalue weighted by atomic mass is 127. The number of rotatable bonds is 6. The molecule has 0 aromatic carbocycles. The maximum absolute atomic E-state index is 5.98. The highest BCUT2D eigenvalue weighted by molar-refractivity contribution is 14.0. The highest BCUT2D eigenvalue weighted by Crippen LogP contribution is 2.50. The van der Waals surface area contributed by atoms with Crippen molar-refractivity contribution in [2.75, 3.05) is 19.6 Å². The van der Waals surface area contributed by atoms with Crippen LogP contribution in [0.3, 0.4) is 0 Å². The number of halogens is 1. The Balaban J connectivity index is 0.00000256. The molecule has 1 fully saturated rings. The molecule has 0 radical (unpaired) electrons. The molecule has 17 heavy (non-hydrogen) atoms. The van der Waals surface area contributed by atoms with Crippen molar-refractivity contribution < 1.29 is 0 Å². The molecule has 0 aliphatic heterocycles. The van der Waals surface area contributed by atoms with Crippen LogP contribution in [0.15, 0.2) is 4.99 Å². The molecule has 3 nitrogen and oxygen atoms in total. The summed E-state index contributed by atoms with van der Waals surface area (Å²) in [5, 5.41) is 0. The number of hydrogen-bond donors (Lipinski definition) is 1. The lowest BCUT2D eigenvalue weighted by atomic mass is 9.94. The summed E-state index contributed by atoms with van der Waals surface area (Å²) < 4.78 is 0. The molecule has 0 aromatic heterocycles. The van der Waals surface area contributed by atoms with E-state index in [2.05, 4.69) is 37.6 Å². The van der Waals surface area contributed by atoms with Gasteiger partial charge >= 0.3 is 0 Å². The summed E-state index contributed by atoms with van der Waals surface area (Å²) in [4.78, 5) is 6.69. The second kappa shape index (κ2) is 7.44. The van der Waals surface area contributed by atoms with E-state index in [-0.39, 0.29) is 24.0 Å². The fourth-order valence-electron chi connectivity index (χ4n) is 2.37. The molecule has 0 amide bonds. The molecular formula is C13H28IN3. The Bertz CT molecular complexity index is 243. The summed E-state index contributed by atoms with van der Waals surface area (Å²) in [5.74, 6) is 1.49. The highest BCUT2D eigenvalue weighted by Gasteiger charge is 2.42.